The third-order valence-electron chi connectivity index (χ3n) is 7.60. The predicted molar refractivity (Wildman–Crippen MR) is 142 cm³/mol. The Morgan fingerprint density at radius 3 is 2.50 bits per heavy atom. The molecule has 1 aromatic carbocycles. The lowest BCUT2D eigenvalue weighted by atomic mass is 9.99. The van der Waals surface area contributed by atoms with Gasteiger partial charge in [0.05, 0.1) is 6.54 Å². The number of benzene rings is 1. The van der Waals surface area contributed by atoms with Gasteiger partial charge in [0, 0.05) is 35.4 Å². The molecule has 3 saturated heterocycles. The van der Waals surface area contributed by atoms with Crippen LogP contribution in [0.1, 0.15) is 44.9 Å². The smallest absolute Gasteiger partial charge is 0.250 e. The SMILES string of the molecule is O=C(CN1CCC[C@H](NS(=O)(=O)c2cc3ccc(Cl)cc3s2)C1=O)N1CCC(N2CCCCC2)CC1. The van der Waals surface area contributed by atoms with Crippen LogP contribution in [0.4, 0.5) is 0 Å². The molecule has 0 saturated carbocycles. The Bertz CT molecular complexity index is 1220. The molecular formula is C25H33ClN4O4S2. The molecule has 0 radical (unpaired) electrons. The highest BCUT2D eigenvalue weighted by Gasteiger charge is 2.35. The van der Waals surface area contributed by atoms with Crippen molar-refractivity contribution in [2.24, 2.45) is 0 Å². The molecule has 2 aromatic rings. The second kappa shape index (κ2) is 10.9. The van der Waals surface area contributed by atoms with Crippen molar-refractivity contribution in [1.82, 2.24) is 19.4 Å². The molecule has 4 heterocycles. The van der Waals surface area contributed by atoms with Crippen LogP contribution in [0.15, 0.2) is 28.5 Å². The molecule has 1 N–H and O–H groups in total. The second-order valence-corrected chi connectivity index (χ2v) is 13.5. The number of halogens is 1. The monoisotopic (exact) mass is 552 g/mol. The number of hydrogen-bond acceptors (Lipinski definition) is 6. The molecule has 36 heavy (non-hydrogen) atoms. The van der Waals surface area contributed by atoms with Gasteiger partial charge in [-0.15, -0.1) is 11.3 Å². The highest BCUT2D eigenvalue weighted by Crippen LogP contribution is 2.31. The van der Waals surface area contributed by atoms with Gasteiger partial charge in [-0.05, 0) is 75.2 Å². The number of carbonyl (C=O) groups excluding carboxylic acids is 2. The number of likely N-dealkylation sites (tertiary alicyclic amines) is 3. The minimum absolute atomic E-state index is 0.00677. The lowest BCUT2D eigenvalue weighted by Gasteiger charge is -2.41. The van der Waals surface area contributed by atoms with E-state index in [1.54, 1.807) is 24.3 Å². The zero-order chi connectivity index (χ0) is 25.3. The molecule has 0 bridgehead atoms. The van der Waals surface area contributed by atoms with Crippen LogP contribution in [0.5, 0.6) is 0 Å². The van der Waals surface area contributed by atoms with Crippen LogP contribution in [0, 0.1) is 0 Å². The Labute approximate surface area is 221 Å². The first-order chi connectivity index (χ1) is 17.3. The second-order valence-electron chi connectivity index (χ2n) is 10.0. The lowest BCUT2D eigenvalue weighted by Crippen LogP contribution is -2.55. The number of rotatable bonds is 6. The van der Waals surface area contributed by atoms with Crippen molar-refractivity contribution in [3.8, 4) is 0 Å². The molecule has 8 nitrogen and oxygen atoms in total. The molecule has 0 unspecified atom stereocenters. The van der Waals surface area contributed by atoms with Gasteiger partial charge < -0.3 is 14.7 Å². The van der Waals surface area contributed by atoms with E-state index in [-0.39, 0.29) is 22.6 Å². The van der Waals surface area contributed by atoms with Gasteiger partial charge in [0.2, 0.25) is 11.8 Å². The minimum Gasteiger partial charge on any atom is -0.341 e. The van der Waals surface area contributed by atoms with Crippen LogP contribution in [-0.2, 0) is 19.6 Å². The first-order valence-electron chi connectivity index (χ1n) is 12.8. The molecule has 196 valence electrons. The van der Waals surface area contributed by atoms with E-state index in [0.29, 0.717) is 43.5 Å². The fourth-order valence-corrected chi connectivity index (χ4v) is 8.51. The summed E-state index contributed by atoms with van der Waals surface area (Å²) in [6.45, 7) is 4.23. The van der Waals surface area contributed by atoms with E-state index in [9.17, 15) is 18.0 Å². The summed E-state index contributed by atoms with van der Waals surface area (Å²) in [5, 5.41) is 1.33. The van der Waals surface area contributed by atoms with Crippen molar-refractivity contribution in [2.75, 3.05) is 39.3 Å². The zero-order valence-corrected chi connectivity index (χ0v) is 22.7. The maximum atomic E-state index is 13.1. The predicted octanol–water partition coefficient (Wildman–Crippen LogP) is 3.30. The first kappa shape index (κ1) is 25.9. The molecule has 1 aromatic heterocycles. The average molecular weight is 553 g/mol. The summed E-state index contributed by atoms with van der Waals surface area (Å²) in [6, 6.07) is 6.51. The van der Waals surface area contributed by atoms with Crippen LogP contribution < -0.4 is 4.72 Å². The normalized spacial score (nSPS) is 22.9. The minimum atomic E-state index is -3.88. The van der Waals surface area contributed by atoms with Crippen molar-refractivity contribution in [3.05, 3.63) is 29.3 Å². The first-order valence-corrected chi connectivity index (χ1v) is 15.5. The quantitative estimate of drug-likeness (QED) is 0.594. The van der Waals surface area contributed by atoms with E-state index in [1.807, 2.05) is 4.90 Å². The van der Waals surface area contributed by atoms with Crippen molar-refractivity contribution >= 4 is 54.9 Å². The Morgan fingerprint density at radius 1 is 1.00 bits per heavy atom. The van der Waals surface area contributed by atoms with Gasteiger partial charge in [0.1, 0.15) is 10.3 Å². The van der Waals surface area contributed by atoms with Crippen LogP contribution in [0.3, 0.4) is 0 Å². The molecule has 5 rings (SSSR count). The number of fused-ring (bicyclic) bond motifs is 1. The van der Waals surface area contributed by atoms with Crippen LogP contribution in [0.25, 0.3) is 10.1 Å². The van der Waals surface area contributed by atoms with Gasteiger partial charge in [-0.3, -0.25) is 9.59 Å². The number of thiophene rings is 1. The maximum Gasteiger partial charge on any atom is 0.250 e. The fourth-order valence-electron chi connectivity index (χ4n) is 5.59. The lowest BCUT2D eigenvalue weighted by molar-refractivity contribution is -0.144. The van der Waals surface area contributed by atoms with Crippen LogP contribution in [-0.4, -0.2) is 86.3 Å². The van der Waals surface area contributed by atoms with E-state index >= 15 is 0 Å². The number of carbonyl (C=O) groups is 2. The molecule has 3 aliphatic rings. The number of nitrogens with zero attached hydrogens (tertiary/aromatic N) is 3. The van der Waals surface area contributed by atoms with E-state index in [0.717, 1.165) is 47.4 Å². The highest BCUT2D eigenvalue weighted by molar-refractivity contribution is 7.91. The summed E-state index contributed by atoms with van der Waals surface area (Å²) in [4.78, 5) is 32.1. The summed E-state index contributed by atoms with van der Waals surface area (Å²) in [6.07, 6.45) is 6.85. The number of hydrogen-bond donors (Lipinski definition) is 1. The fraction of sp³-hybridized carbons (Fsp3) is 0.600. The van der Waals surface area contributed by atoms with Crippen LogP contribution in [0.2, 0.25) is 5.02 Å². The number of piperidine rings is 3. The third kappa shape index (κ3) is 5.72. The van der Waals surface area contributed by atoms with Gasteiger partial charge in [-0.25, -0.2) is 8.42 Å². The summed E-state index contributed by atoms with van der Waals surface area (Å²) in [5.74, 6) is -0.379. The zero-order valence-electron chi connectivity index (χ0n) is 20.3. The van der Waals surface area contributed by atoms with Crippen molar-refractivity contribution in [1.29, 1.82) is 0 Å². The standard InChI is InChI=1S/C25H33ClN4O4S2/c26-19-7-6-18-15-24(35-22(18)16-19)36(33,34)27-21-5-4-12-30(25(21)32)17-23(31)29-13-8-20(9-14-29)28-10-2-1-3-11-28/h6-7,15-16,20-21,27H,1-5,8-14,17H2/t21-/m0/s1. The van der Waals surface area contributed by atoms with Gasteiger partial charge >= 0.3 is 0 Å². The molecule has 2 amide bonds. The van der Waals surface area contributed by atoms with E-state index in [1.165, 1.54) is 24.2 Å². The maximum absolute atomic E-state index is 13.1. The molecule has 0 aliphatic carbocycles. The Morgan fingerprint density at radius 2 is 1.75 bits per heavy atom. The van der Waals surface area contributed by atoms with Crippen LogP contribution >= 0.6 is 22.9 Å². The van der Waals surface area contributed by atoms with Gasteiger partial charge in [0.15, 0.2) is 0 Å². The molecule has 1 atom stereocenters. The van der Waals surface area contributed by atoms with Crippen molar-refractivity contribution in [2.45, 2.75) is 61.2 Å². The summed E-state index contributed by atoms with van der Waals surface area (Å²) in [5.41, 5.74) is 0. The topological polar surface area (TPSA) is 90.0 Å². The molecular weight excluding hydrogens is 520 g/mol. The van der Waals surface area contributed by atoms with E-state index in [4.69, 9.17) is 11.6 Å². The molecule has 11 heteroatoms. The van der Waals surface area contributed by atoms with Crippen molar-refractivity contribution in [3.63, 3.8) is 0 Å². The number of sulfonamides is 1. The molecule has 3 aliphatic heterocycles. The third-order valence-corrected chi connectivity index (χ3v) is 10.9. The Hall–Kier alpha value is -1.72. The average Bonchev–Trinajstić information content (AvgIpc) is 3.31. The largest absolute Gasteiger partial charge is 0.341 e. The number of nitrogens with one attached hydrogen (secondary N) is 1. The molecule has 3 fully saturated rings. The highest BCUT2D eigenvalue weighted by atomic mass is 35.5. The molecule has 0 spiro atoms. The van der Waals surface area contributed by atoms with E-state index in [2.05, 4.69) is 9.62 Å². The van der Waals surface area contributed by atoms with Gasteiger partial charge in [0.25, 0.3) is 10.0 Å². The Kier molecular flexibility index (Phi) is 7.88. The Balaban J connectivity index is 1.17. The summed E-state index contributed by atoms with van der Waals surface area (Å²) in [7, 11) is -3.88. The van der Waals surface area contributed by atoms with E-state index < -0.39 is 16.1 Å². The van der Waals surface area contributed by atoms with Gasteiger partial charge in [-0.2, -0.15) is 4.72 Å². The summed E-state index contributed by atoms with van der Waals surface area (Å²) < 4.78 is 29.6. The van der Waals surface area contributed by atoms with Crippen molar-refractivity contribution < 1.29 is 18.0 Å². The summed E-state index contributed by atoms with van der Waals surface area (Å²) >= 11 is 7.16. The van der Waals surface area contributed by atoms with Gasteiger partial charge in [-0.1, -0.05) is 24.1 Å². The number of amides is 2.